The van der Waals surface area contributed by atoms with E-state index in [1.165, 1.54) is 19.3 Å². The fraction of sp³-hybridized carbons (Fsp3) is 0.208. The third kappa shape index (κ3) is 4.70. The van der Waals surface area contributed by atoms with E-state index < -0.39 is 4.92 Å². The molecule has 1 aliphatic heterocycles. The average Bonchev–Trinajstić information content (AvgIpc) is 3.31. The van der Waals surface area contributed by atoms with Crippen molar-refractivity contribution in [3.63, 3.8) is 0 Å². The number of carbonyl (C=O) groups is 1. The number of allylic oxidation sites excluding steroid dienone is 1. The summed E-state index contributed by atoms with van der Waals surface area (Å²) in [5.41, 5.74) is 1.84. The lowest BCUT2D eigenvalue weighted by molar-refractivity contribution is -0.384. The van der Waals surface area contributed by atoms with E-state index in [0.29, 0.717) is 41.6 Å². The Morgan fingerprint density at radius 1 is 1.09 bits per heavy atom. The molecule has 0 saturated carbocycles. The topological polar surface area (TPSA) is 95.0 Å². The van der Waals surface area contributed by atoms with Crippen molar-refractivity contribution in [1.29, 1.82) is 0 Å². The van der Waals surface area contributed by atoms with Gasteiger partial charge in [-0.1, -0.05) is 0 Å². The van der Waals surface area contributed by atoms with Crippen LogP contribution in [0.1, 0.15) is 16.1 Å². The number of benzene rings is 2. The van der Waals surface area contributed by atoms with E-state index in [2.05, 4.69) is 4.90 Å². The fourth-order valence-electron chi connectivity index (χ4n) is 3.50. The van der Waals surface area contributed by atoms with Crippen LogP contribution >= 0.6 is 0 Å². The molecule has 8 heteroatoms. The molecule has 0 bridgehead atoms. The molecule has 1 saturated heterocycles. The van der Waals surface area contributed by atoms with Crippen LogP contribution < -0.4 is 9.64 Å². The molecular formula is C24H22N2O6. The first-order chi connectivity index (χ1) is 15.5. The maximum Gasteiger partial charge on any atom is 0.284 e. The van der Waals surface area contributed by atoms with Crippen LogP contribution in [0, 0.1) is 10.1 Å². The Kier molecular flexibility index (Phi) is 6.32. The normalized spacial score (nSPS) is 14.0. The van der Waals surface area contributed by atoms with Gasteiger partial charge in [-0.15, -0.1) is 0 Å². The molecule has 1 aliphatic rings. The Bertz CT molecular complexity index is 1140. The van der Waals surface area contributed by atoms with E-state index >= 15 is 0 Å². The van der Waals surface area contributed by atoms with E-state index in [4.69, 9.17) is 13.9 Å². The van der Waals surface area contributed by atoms with Crippen molar-refractivity contribution in [2.24, 2.45) is 0 Å². The van der Waals surface area contributed by atoms with Gasteiger partial charge in [-0.2, -0.15) is 0 Å². The van der Waals surface area contributed by atoms with Gasteiger partial charge in [0.1, 0.15) is 17.3 Å². The fourth-order valence-corrected chi connectivity index (χ4v) is 3.50. The number of nitro benzene ring substituents is 1. The Hall–Kier alpha value is -3.91. The first-order valence-electron chi connectivity index (χ1n) is 10.1. The van der Waals surface area contributed by atoms with Crippen molar-refractivity contribution in [3.05, 3.63) is 82.1 Å². The molecule has 4 rings (SSSR count). The van der Waals surface area contributed by atoms with Gasteiger partial charge in [0.25, 0.3) is 5.69 Å². The maximum atomic E-state index is 12.5. The zero-order valence-electron chi connectivity index (χ0n) is 17.5. The zero-order chi connectivity index (χ0) is 22.5. The van der Waals surface area contributed by atoms with Crippen LogP contribution in [0.5, 0.6) is 5.75 Å². The number of furan rings is 1. The van der Waals surface area contributed by atoms with Gasteiger partial charge in [-0.05, 0) is 60.7 Å². The van der Waals surface area contributed by atoms with E-state index in [0.717, 1.165) is 18.8 Å². The summed E-state index contributed by atoms with van der Waals surface area (Å²) in [6.07, 6.45) is 2.98. The Labute approximate surface area is 184 Å². The minimum Gasteiger partial charge on any atom is -0.497 e. The number of nitro groups is 1. The molecular weight excluding hydrogens is 412 g/mol. The van der Waals surface area contributed by atoms with E-state index in [1.807, 2.05) is 12.1 Å². The zero-order valence-corrected chi connectivity index (χ0v) is 17.5. The maximum absolute atomic E-state index is 12.5. The molecule has 0 unspecified atom stereocenters. The summed E-state index contributed by atoms with van der Waals surface area (Å²) in [6.45, 7) is 3.07. The van der Waals surface area contributed by atoms with Crippen molar-refractivity contribution in [2.75, 3.05) is 38.3 Å². The quantitative estimate of drug-likeness (QED) is 0.232. The number of morpholine rings is 1. The van der Waals surface area contributed by atoms with Crippen molar-refractivity contribution in [2.45, 2.75) is 0 Å². The number of hydrogen-bond acceptors (Lipinski definition) is 7. The second-order valence-electron chi connectivity index (χ2n) is 7.19. The smallest absolute Gasteiger partial charge is 0.284 e. The summed E-state index contributed by atoms with van der Waals surface area (Å²) in [7, 11) is 1.45. The molecule has 0 N–H and O–H groups in total. The molecule has 0 atom stereocenters. The largest absolute Gasteiger partial charge is 0.497 e. The van der Waals surface area contributed by atoms with Crippen molar-refractivity contribution >= 4 is 23.2 Å². The van der Waals surface area contributed by atoms with E-state index in [1.54, 1.807) is 42.5 Å². The molecule has 0 radical (unpaired) electrons. The molecule has 3 aromatic rings. The van der Waals surface area contributed by atoms with Gasteiger partial charge < -0.3 is 18.8 Å². The van der Waals surface area contributed by atoms with Gasteiger partial charge in [-0.25, -0.2) is 0 Å². The number of ether oxygens (including phenoxy) is 2. The van der Waals surface area contributed by atoms with Crippen LogP contribution in [0.4, 0.5) is 11.4 Å². The third-order valence-electron chi connectivity index (χ3n) is 5.22. The number of nitrogens with zero attached hydrogens (tertiary/aromatic N) is 2. The van der Waals surface area contributed by atoms with E-state index in [-0.39, 0.29) is 11.5 Å². The first kappa shape index (κ1) is 21.3. The Morgan fingerprint density at radius 3 is 2.53 bits per heavy atom. The first-order valence-corrected chi connectivity index (χ1v) is 10.1. The van der Waals surface area contributed by atoms with Gasteiger partial charge in [0.05, 0.1) is 36.9 Å². The number of carbonyl (C=O) groups excluding carboxylic acids is 1. The predicted molar refractivity (Wildman–Crippen MR) is 120 cm³/mol. The number of anilines is 1. The summed E-state index contributed by atoms with van der Waals surface area (Å²) in [6, 6.07) is 15.3. The van der Waals surface area contributed by atoms with Gasteiger partial charge in [0.15, 0.2) is 5.78 Å². The molecule has 164 valence electrons. The molecule has 0 spiro atoms. The molecule has 8 nitrogen and oxygen atoms in total. The SMILES string of the molecule is COc1ccc(-c2ccc(C=CC(=O)c3ccc(N4CCOCC4)cc3)o2)c([N+](=O)[O-])c1. The lowest BCUT2D eigenvalue weighted by Gasteiger charge is -2.28. The molecule has 1 aromatic heterocycles. The number of rotatable bonds is 7. The molecule has 32 heavy (non-hydrogen) atoms. The highest BCUT2D eigenvalue weighted by molar-refractivity contribution is 6.06. The van der Waals surface area contributed by atoms with Crippen molar-refractivity contribution < 1.29 is 23.6 Å². The molecule has 0 amide bonds. The van der Waals surface area contributed by atoms with Gasteiger partial charge in [0.2, 0.25) is 0 Å². The molecule has 2 aromatic carbocycles. The molecule has 1 fully saturated rings. The van der Waals surface area contributed by atoms with Crippen LogP contribution in [0.15, 0.2) is 65.1 Å². The van der Waals surface area contributed by atoms with Gasteiger partial charge >= 0.3 is 0 Å². The van der Waals surface area contributed by atoms with Crippen LogP contribution in [0.3, 0.4) is 0 Å². The summed E-state index contributed by atoms with van der Waals surface area (Å²) >= 11 is 0. The predicted octanol–water partition coefficient (Wildman–Crippen LogP) is 4.60. The molecule has 0 aliphatic carbocycles. The minimum absolute atomic E-state index is 0.120. The average molecular weight is 434 g/mol. The summed E-state index contributed by atoms with van der Waals surface area (Å²) in [5.74, 6) is 0.981. The molecule has 2 heterocycles. The number of methoxy groups -OCH3 is 1. The monoisotopic (exact) mass is 434 g/mol. The number of hydrogen-bond donors (Lipinski definition) is 0. The minimum atomic E-state index is -0.486. The second-order valence-corrected chi connectivity index (χ2v) is 7.19. The van der Waals surface area contributed by atoms with Gasteiger partial charge in [-0.3, -0.25) is 14.9 Å². The van der Waals surface area contributed by atoms with Crippen molar-refractivity contribution in [1.82, 2.24) is 0 Å². The van der Waals surface area contributed by atoms with Crippen LogP contribution in [-0.4, -0.2) is 44.1 Å². The van der Waals surface area contributed by atoms with E-state index in [9.17, 15) is 14.9 Å². The number of ketones is 1. The highest BCUT2D eigenvalue weighted by Gasteiger charge is 2.19. The Balaban J connectivity index is 1.47. The summed E-state index contributed by atoms with van der Waals surface area (Å²) in [5, 5.41) is 11.4. The highest BCUT2D eigenvalue weighted by Crippen LogP contribution is 2.34. The summed E-state index contributed by atoms with van der Waals surface area (Å²) < 4.78 is 16.1. The lowest BCUT2D eigenvalue weighted by Crippen LogP contribution is -2.36. The standard InChI is InChI=1S/C24H22N2O6/c1-30-20-6-9-21(22(16-20)26(28)29)24-11-8-19(32-24)7-10-23(27)17-2-4-18(5-3-17)25-12-14-31-15-13-25/h2-11,16H,12-15H2,1H3. The summed E-state index contributed by atoms with van der Waals surface area (Å²) in [4.78, 5) is 25.7. The van der Waals surface area contributed by atoms with Crippen LogP contribution in [0.2, 0.25) is 0 Å². The lowest BCUT2D eigenvalue weighted by atomic mass is 10.1. The Morgan fingerprint density at radius 2 is 1.84 bits per heavy atom. The third-order valence-corrected chi connectivity index (χ3v) is 5.22. The highest BCUT2D eigenvalue weighted by atomic mass is 16.6. The van der Waals surface area contributed by atoms with Crippen LogP contribution in [-0.2, 0) is 4.74 Å². The van der Waals surface area contributed by atoms with Gasteiger partial charge in [0, 0.05) is 24.3 Å². The second kappa shape index (κ2) is 9.49. The van der Waals surface area contributed by atoms with Crippen LogP contribution in [0.25, 0.3) is 17.4 Å². The van der Waals surface area contributed by atoms with Crippen molar-refractivity contribution in [3.8, 4) is 17.1 Å².